The molecule has 1 aromatic carbocycles. The zero-order valence-corrected chi connectivity index (χ0v) is 11.3. The van der Waals surface area contributed by atoms with Crippen molar-refractivity contribution >= 4 is 15.9 Å². The number of hydrogen-bond acceptors (Lipinski definition) is 2. The van der Waals surface area contributed by atoms with Gasteiger partial charge in [0.1, 0.15) is 5.82 Å². The predicted molar refractivity (Wildman–Crippen MR) is 67.4 cm³/mol. The summed E-state index contributed by atoms with van der Waals surface area (Å²) in [5, 5.41) is 10.5. The van der Waals surface area contributed by atoms with Crippen LogP contribution >= 0.6 is 15.9 Å². The normalized spacial score (nSPS) is 23.6. The maximum Gasteiger partial charge on any atom is 0.123 e. The molecular weight excluding hydrogens is 287 g/mol. The summed E-state index contributed by atoms with van der Waals surface area (Å²) in [7, 11) is 0. The minimum Gasteiger partial charge on any atom is -0.389 e. The highest BCUT2D eigenvalue weighted by Gasteiger charge is 2.35. The third kappa shape index (κ3) is 3.06. The Morgan fingerprint density at radius 2 is 2.35 bits per heavy atom. The van der Waals surface area contributed by atoms with Gasteiger partial charge in [-0.05, 0) is 37.1 Å². The summed E-state index contributed by atoms with van der Waals surface area (Å²) >= 11 is 3.38. The highest BCUT2D eigenvalue weighted by Crippen LogP contribution is 2.31. The van der Waals surface area contributed by atoms with Gasteiger partial charge in [-0.25, -0.2) is 4.39 Å². The second-order valence-corrected chi connectivity index (χ2v) is 5.68. The summed E-state index contributed by atoms with van der Waals surface area (Å²) in [6, 6.07) is 4.54. The van der Waals surface area contributed by atoms with Crippen molar-refractivity contribution in [1.29, 1.82) is 0 Å². The number of aliphatic hydroxyl groups is 1. The summed E-state index contributed by atoms with van der Waals surface area (Å²) < 4.78 is 19.3. The van der Waals surface area contributed by atoms with Crippen molar-refractivity contribution in [3.63, 3.8) is 0 Å². The molecule has 2 rings (SSSR count). The minimum absolute atomic E-state index is 0.123. The van der Waals surface area contributed by atoms with Gasteiger partial charge in [0.25, 0.3) is 0 Å². The topological polar surface area (TPSA) is 29.5 Å². The van der Waals surface area contributed by atoms with Gasteiger partial charge in [-0.3, -0.25) is 0 Å². The molecule has 0 amide bonds. The molecule has 0 aromatic heterocycles. The summed E-state index contributed by atoms with van der Waals surface area (Å²) in [5.74, 6) is -0.153. The van der Waals surface area contributed by atoms with Crippen LogP contribution in [0, 0.1) is 11.7 Å². The summed E-state index contributed by atoms with van der Waals surface area (Å²) in [4.78, 5) is 0. The maximum absolute atomic E-state index is 13.2. The van der Waals surface area contributed by atoms with E-state index in [2.05, 4.69) is 15.9 Å². The van der Waals surface area contributed by atoms with Gasteiger partial charge in [-0.1, -0.05) is 15.9 Å². The molecule has 0 saturated carbocycles. The van der Waals surface area contributed by atoms with Crippen molar-refractivity contribution in [3.8, 4) is 0 Å². The Kier molecular flexibility index (Phi) is 3.85. The smallest absolute Gasteiger partial charge is 0.123 e. The first-order chi connectivity index (χ1) is 7.99. The van der Waals surface area contributed by atoms with Crippen LogP contribution in [0.3, 0.4) is 0 Å². The number of rotatable bonds is 3. The Morgan fingerprint density at radius 3 is 3.00 bits per heavy atom. The van der Waals surface area contributed by atoms with Crippen LogP contribution in [-0.4, -0.2) is 23.9 Å². The zero-order valence-electron chi connectivity index (χ0n) is 9.75. The van der Waals surface area contributed by atoms with Crippen LogP contribution in [0.2, 0.25) is 0 Å². The standard InChI is InChI=1S/C13H16BrFO2/c1-13(16,10-4-5-17-8-10)7-9-6-11(15)2-3-12(9)14/h2-3,6,10,16H,4-5,7-8H2,1H3. The van der Waals surface area contributed by atoms with Gasteiger partial charge in [-0.2, -0.15) is 0 Å². The van der Waals surface area contributed by atoms with Crippen molar-refractivity contribution in [1.82, 2.24) is 0 Å². The molecular formula is C13H16BrFO2. The van der Waals surface area contributed by atoms with Gasteiger partial charge in [0.2, 0.25) is 0 Å². The highest BCUT2D eigenvalue weighted by atomic mass is 79.9. The highest BCUT2D eigenvalue weighted by molar-refractivity contribution is 9.10. The fourth-order valence-electron chi connectivity index (χ4n) is 2.23. The van der Waals surface area contributed by atoms with Crippen LogP contribution in [0.15, 0.2) is 22.7 Å². The first kappa shape index (κ1) is 13.0. The average Bonchev–Trinajstić information content (AvgIpc) is 2.77. The van der Waals surface area contributed by atoms with Crippen LogP contribution in [0.1, 0.15) is 18.9 Å². The lowest BCUT2D eigenvalue weighted by atomic mass is 9.83. The van der Waals surface area contributed by atoms with Gasteiger partial charge in [0.05, 0.1) is 12.2 Å². The second-order valence-electron chi connectivity index (χ2n) is 4.83. The predicted octanol–water partition coefficient (Wildman–Crippen LogP) is 2.92. The van der Waals surface area contributed by atoms with Crippen LogP contribution < -0.4 is 0 Å². The molecule has 2 unspecified atom stereocenters. The van der Waals surface area contributed by atoms with E-state index in [1.54, 1.807) is 13.0 Å². The lowest BCUT2D eigenvalue weighted by molar-refractivity contribution is -0.00470. The van der Waals surface area contributed by atoms with Gasteiger partial charge in [-0.15, -0.1) is 0 Å². The van der Waals surface area contributed by atoms with Crippen LogP contribution in [-0.2, 0) is 11.2 Å². The molecule has 2 nitrogen and oxygen atoms in total. The van der Waals surface area contributed by atoms with E-state index < -0.39 is 5.60 Å². The molecule has 94 valence electrons. The Balaban J connectivity index is 2.15. The lowest BCUT2D eigenvalue weighted by Gasteiger charge is -2.29. The molecule has 1 heterocycles. The van der Waals surface area contributed by atoms with Gasteiger partial charge in [0, 0.05) is 23.4 Å². The van der Waals surface area contributed by atoms with E-state index in [-0.39, 0.29) is 11.7 Å². The molecule has 1 aliphatic rings. The van der Waals surface area contributed by atoms with Crippen LogP contribution in [0.4, 0.5) is 4.39 Å². The van der Waals surface area contributed by atoms with Gasteiger partial charge < -0.3 is 9.84 Å². The SMILES string of the molecule is CC(O)(Cc1cc(F)ccc1Br)C1CCOC1. The lowest BCUT2D eigenvalue weighted by Crippen LogP contribution is -2.37. The van der Waals surface area contributed by atoms with E-state index in [0.717, 1.165) is 16.5 Å². The Morgan fingerprint density at radius 1 is 1.59 bits per heavy atom. The molecule has 1 aliphatic heterocycles. The van der Waals surface area contributed by atoms with Crippen molar-refractivity contribution in [3.05, 3.63) is 34.1 Å². The number of benzene rings is 1. The quantitative estimate of drug-likeness (QED) is 0.930. The molecule has 4 heteroatoms. The summed E-state index contributed by atoms with van der Waals surface area (Å²) in [5.41, 5.74) is -0.0609. The molecule has 0 bridgehead atoms. The van der Waals surface area contributed by atoms with Crippen molar-refractivity contribution in [2.24, 2.45) is 5.92 Å². The van der Waals surface area contributed by atoms with Gasteiger partial charge >= 0.3 is 0 Å². The molecule has 0 radical (unpaired) electrons. The second kappa shape index (κ2) is 5.04. The minimum atomic E-state index is -0.854. The van der Waals surface area contributed by atoms with Crippen LogP contribution in [0.5, 0.6) is 0 Å². The third-order valence-electron chi connectivity index (χ3n) is 3.37. The van der Waals surface area contributed by atoms with Crippen molar-refractivity contribution < 1.29 is 14.2 Å². The molecule has 1 fully saturated rings. The monoisotopic (exact) mass is 302 g/mol. The Hall–Kier alpha value is -0.450. The number of hydrogen-bond donors (Lipinski definition) is 1. The summed E-state index contributed by atoms with van der Waals surface area (Å²) in [6.07, 6.45) is 1.29. The van der Waals surface area contributed by atoms with E-state index in [4.69, 9.17) is 4.74 Å². The van der Waals surface area contributed by atoms with E-state index in [1.807, 2.05) is 0 Å². The maximum atomic E-state index is 13.2. The van der Waals surface area contributed by atoms with E-state index in [1.165, 1.54) is 12.1 Å². The van der Waals surface area contributed by atoms with E-state index in [0.29, 0.717) is 19.6 Å². The zero-order chi connectivity index (χ0) is 12.5. The fourth-order valence-corrected chi connectivity index (χ4v) is 2.62. The summed E-state index contributed by atoms with van der Waals surface area (Å²) in [6.45, 7) is 3.08. The fraction of sp³-hybridized carbons (Fsp3) is 0.538. The largest absolute Gasteiger partial charge is 0.389 e. The molecule has 2 atom stereocenters. The van der Waals surface area contributed by atoms with Crippen molar-refractivity contribution in [2.75, 3.05) is 13.2 Å². The Bertz CT molecular complexity index is 400. The molecule has 0 aliphatic carbocycles. The van der Waals surface area contributed by atoms with E-state index in [9.17, 15) is 9.50 Å². The number of ether oxygens (including phenoxy) is 1. The first-order valence-electron chi connectivity index (χ1n) is 5.73. The molecule has 1 aromatic rings. The number of halogens is 2. The first-order valence-corrected chi connectivity index (χ1v) is 6.52. The van der Waals surface area contributed by atoms with Crippen LogP contribution in [0.25, 0.3) is 0 Å². The molecule has 1 saturated heterocycles. The van der Waals surface area contributed by atoms with E-state index >= 15 is 0 Å². The third-order valence-corrected chi connectivity index (χ3v) is 4.14. The molecule has 17 heavy (non-hydrogen) atoms. The van der Waals surface area contributed by atoms with Crippen molar-refractivity contribution in [2.45, 2.75) is 25.4 Å². The van der Waals surface area contributed by atoms with Gasteiger partial charge in [0.15, 0.2) is 0 Å². The average molecular weight is 303 g/mol. The molecule has 0 spiro atoms. The Labute approximate surface area is 109 Å². The molecule has 1 N–H and O–H groups in total.